The van der Waals surface area contributed by atoms with Crippen LogP contribution >= 0.6 is 0 Å². The van der Waals surface area contributed by atoms with Gasteiger partial charge in [0.15, 0.2) is 0 Å². The van der Waals surface area contributed by atoms with E-state index in [9.17, 15) is 9.59 Å². The first-order valence-electron chi connectivity index (χ1n) is 14.6. The molecule has 0 unspecified atom stereocenters. The number of methoxy groups -OCH3 is 1. The van der Waals surface area contributed by atoms with Crippen LogP contribution in [-0.2, 0) is 22.5 Å². The number of likely N-dealkylation sites (tertiary alicyclic amines) is 1. The van der Waals surface area contributed by atoms with Crippen molar-refractivity contribution in [3.63, 3.8) is 0 Å². The minimum atomic E-state index is -0.540. The van der Waals surface area contributed by atoms with Crippen LogP contribution in [-0.4, -0.2) is 59.1 Å². The number of hydrogen-bond acceptors (Lipinski definition) is 6. The number of rotatable bonds is 12. The Balaban J connectivity index is 1.26. The summed E-state index contributed by atoms with van der Waals surface area (Å²) in [4.78, 5) is 32.5. The highest BCUT2D eigenvalue weighted by molar-refractivity contribution is 5.94. The van der Waals surface area contributed by atoms with Gasteiger partial charge in [-0.05, 0) is 73.7 Å². The SMILES string of the molecule is COCCCn1c([C@@H]2CCCN(C(=O)C[C@@H](N)Cc3cc(Oc4ccccc4)ccc3C(N)=O)C2)nc2ccccc21. The molecule has 42 heavy (non-hydrogen) atoms. The molecule has 2 amide bonds. The van der Waals surface area contributed by atoms with Crippen molar-refractivity contribution >= 4 is 22.8 Å². The average Bonchev–Trinajstić information content (AvgIpc) is 3.36. The number of primary amides is 1. The number of nitrogens with two attached hydrogens (primary N) is 2. The number of imidazole rings is 1. The highest BCUT2D eigenvalue weighted by Crippen LogP contribution is 2.30. The molecule has 0 bridgehead atoms. The van der Waals surface area contributed by atoms with Crippen LogP contribution in [0.15, 0.2) is 72.8 Å². The number of ether oxygens (including phenoxy) is 2. The highest BCUT2D eigenvalue weighted by Gasteiger charge is 2.29. The molecule has 1 saturated heterocycles. The maximum atomic E-state index is 13.5. The first-order chi connectivity index (χ1) is 20.4. The van der Waals surface area contributed by atoms with Crippen molar-refractivity contribution in [3.05, 3.63) is 89.7 Å². The molecule has 9 heteroatoms. The predicted molar refractivity (Wildman–Crippen MR) is 163 cm³/mol. The van der Waals surface area contributed by atoms with Gasteiger partial charge in [-0.3, -0.25) is 9.59 Å². The maximum Gasteiger partial charge on any atom is 0.248 e. The van der Waals surface area contributed by atoms with E-state index in [1.165, 1.54) is 0 Å². The summed E-state index contributed by atoms with van der Waals surface area (Å²) in [6.45, 7) is 2.79. The number of aryl methyl sites for hydroxylation is 1. The van der Waals surface area contributed by atoms with Gasteiger partial charge in [-0.2, -0.15) is 0 Å². The lowest BCUT2D eigenvalue weighted by molar-refractivity contribution is -0.132. The normalized spacial score (nSPS) is 16.0. The summed E-state index contributed by atoms with van der Waals surface area (Å²) in [5.74, 6) is 1.89. The second-order valence-corrected chi connectivity index (χ2v) is 10.9. The first kappa shape index (κ1) is 29.3. The lowest BCUT2D eigenvalue weighted by Crippen LogP contribution is -2.42. The minimum absolute atomic E-state index is 0.00607. The molecular formula is C33H39N5O4. The maximum absolute atomic E-state index is 13.5. The molecule has 0 spiro atoms. The lowest BCUT2D eigenvalue weighted by Gasteiger charge is -2.33. The smallest absolute Gasteiger partial charge is 0.248 e. The largest absolute Gasteiger partial charge is 0.457 e. The number of aromatic nitrogens is 2. The van der Waals surface area contributed by atoms with Gasteiger partial charge in [-0.1, -0.05) is 30.3 Å². The van der Waals surface area contributed by atoms with E-state index in [0.717, 1.165) is 42.7 Å². The zero-order valence-electron chi connectivity index (χ0n) is 24.1. The van der Waals surface area contributed by atoms with Crippen molar-refractivity contribution in [2.24, 2.45) is 11.5 Å². The summed E-state index contributed by atoms with van der Waals surface area (Å²) in [7, 11) is 1.71. The van der Waals surface area contributed by atoms with Gasteiger partial charge < -0.3 is 30.4 Å². The number of piperidine rings is 1. The van der Waals surface area contributed by atoms with Gasteiger partial charge in [-0.15, -0.1) is 0 Å². The van der Waals surface area contributed by atoms with Gasteiger partial charge in [0.1, 0.15) is 17.3 Å². The molecule has 5 rings (SSSR count). The number of para-hydroxylation sites is 3. The number of carbonyl (C=O) groups excluding carboxylic acids is 2. The fraction of sp³-hybridized carbons (Fsp3) is 0.364. The van der Waals surface area contributed by atoms with Crippen molar-refractivity contribution < 1.29 is 19.1 Å². The summed E-state index contributed by atoms with van der Waals surface area (Å²) < 4.78 is 13.5. The molecule has 3 aromatic carbocycles. The molecule has 4 N–H and O–H groups in total. The Bertz CT molecular complexity index is 1520. The van der Waals surface area contributed by atoms with Crippen LogP contribution in [0, 0.1) is 0 Å². The Hall–Kier alpha value is -4.21. The summed E-state index contributed by atoms with van der Waals surface area (Å²) in [5.41, 5.74) is 15.3. The molecule has 0 aliphatic carbocycles. The third-order valence-corrected chi connectivity index (χ3v) is 7.79. The van der Waals surface area contributed by atoms with Crippen LogP contribution < -0.4 is 16.2 Å². The number of carbonyl (C=O) groups is 2. The predicted octanol–water partition coefficient (Wildman–Crippen LogP) is 4.63. The van der Waals surface area contributed by atoms with Crippen LogP contribution in [0.3, 0.4) is 0 Å². The van der Waals surface area contributed by atoms with E-state index in [0.29, 0.717) is 48.7 Å². The van der Waals surface area contributed by atoms with Gasteiger partial charge >= 0.3 is 0 Å². The average molecular weight is 570 g/mol. The number of nitrogens with zero attached hydrogens (tertiary/aromatic N) is 3. The fourth-order valence-corrected chi connectivity index (χ4v) is 5.80. The van der Waals surface area contributed by atoms with Crippen LogP contribution in [0.4, 0.5) is 0 Å². The molecule has 1 fully saturated rings. The first-order valence-corrected chi connectivity index (χ1v) is 14.6. The van der Waals surface area contributed by atoms with Gasteiger partial charge in [0.25, 0.3) is 0 Å². The summed E-state index contributed by atoms with van der Waals surface area (Å²) >= 11 is 0. The zero-order chi connectivity index (χ0) is 29.5. The van der Waals surface area contributed by atoms with Crippen LogP contribution in [0.5, 0.6) is 11.5 Å². The van der Waals surface area contributed by atoms with Gasteiger partial charge in [0.2, 0.25) is 11.8 Å². The van der Waals surface area contributed by atoms with Gasteiger partial charge in [-0.25, -0.2) is 4.98 Å². The minimum Gasteiger partial charge on any atom is -0.457 e. The van der Waals surface area contributed by atoms with Crippen molar-refractivity contribution in [2.45, 2.75) is 50.6 Å². The number of hydrogen-bond donors (Lipinski definition) is 2. The van der Waals surface area contributed by atoms with Crippen molar-refractivity contribution in [3.8, 4) is 11.5 Å². The Morgan fingerprint density at radius 3 is 2.62 bits per heavy atom. The molecule has 9 nitrogen and oxygen atoms in total. The van der Waals surface area contributed by atoms with Crippen LogP contribution in [0.1, 0.15) is 53.3 Å². The van der Waals surface area contributed by atoms with E-state index < -0.39 is 11.9 Å². The van der Waals surface area contributed by atoms with E-state index in [2.05, 4.69) is 10.6 Å². The molecule has 4 aromatic rings. The summed E-state index contributed by atoms with van der Waals surface area (Å²) in [6, 6.07) is 22.2. The Morgan fingerprint density at radius 2 is 1.83 bits per heavy atom. The molecule has 0 saturated carbocycles. The van der Waals surface area contributed by atoms with Gasteiger partial charge in [0, 0.05) is 57.3 Å². The van der Waals surface area contributed by atoms with Crippen LogP contribution in [0.2, 0.25) is 0 Å². The van der Waals surface area contributed by atoms with E-state index in [1.54, 1.807) is 25.3 Å². The van der Waals surface area contributed by atoms with E-state index in [4.69, 9.17) is 25.9 Å². The topological polar surface area (TPSA) is 126 Å². The number of fused-ring (bicyclic) bond motifs is 1. The zero-order valence-corrected chi connectivity index (χ0v) is 24.1. The third-order valence-electron chi connectivity index (χ3n) is 7.79. The highest BCUT2D eigenvalue weighted by atomic mass is 16.5. The summed E-state index contributed by atoms with van der Waals surface area (Å²) in [5, 5.41) is 0. The monoisotopic (exact) mass is 569 g/mol. The molecule has 220 valence electrons. The summed E-state index contributed by atoms with van der Waals surface area (Å²) in [6.07, 6.45) is 3.25. The second-order valence-electron chi connectivity index (χ2n) is 10.9. The molecule has 1 aliphatic rings. The quantitative estimate of drug-likeness (QED) is 0.240. The third kappa shape index (κ3) is 6.98. The second kappa shape index (κ2) is 13.6. The number of benzene rings is 3. The fourth-order valence-electron chi connectivity index (χ4n) is 5.80. The van der Waals surface area contributed by atoms with Crippen molar-refractivity contribution in [2.75, 3.05) is 26.8 Å². The molecule has 1 aromatic heterocycles. The molecule has 2 atom stereocenters. The Morgan fingerprint density at radius 1 is 1.05 bits per heavy atom. The molecule has 2 heterocycles. The van der Waals surface area contributed by atoms with E-state index >= 15 is 0 Å². The number of amides is 2. The standard InChI is InChI=1S/C33H39N5O4/c1-41-18-8-17-38-30-13-6-5-12-29(30)36-33(38)23-9-7-16-37(22-23)31(39)21-25(34)19-24-20-27(14-15-28(24)32(35)40)42-26-10-3-2-4-11-26/h2-6,10-15,20,23,25H,7-9,16-19,21-22,34H2,1H3,(H2,35,40)/t23-,25+/m1/s1. The van der Waals surface area contributed by atoms with Crippen molar-refractivity contribution in [1.29, 1.82) is 0 Å². The lowest BCUT2D eigenvalue weighted by atomic mass is 9.95. The molecule has 0 radical (unpaired) electrons. The van der Waals surface area contributed by atoms with Crippen LogP contribution in [0.25, 0.3) is 11.0 Å². The van der Waals surface area contributed by atoms with Gasteiger partial charge in [0.05, 0.1) is 11.0 Å². The Kier molecular flexibility index (Phi) is 9.51. The van der Waals surface area contributed by atoms with E-state index in [1.807, 2.05) is 53.4 Å². The molecule has 1 aliphatic heterocycles. The molecular weight excluding hydrogens is 530 g/mol. The van der Waals surface area contributed by atoms with E-state index in [-0.39, 0.29) is 18.2 Å². The van der Waals surface area contributed by atoms with Crippen molar-refractivity contribution in [1.82, 2.24) is 14.5 Å². The Labute approximate surface area is 246 Å².